The summed E-state index contributed by atoms with van der Waals surface area (Å²) in [6, 6.07) is 20.8. The average Bonchev–Trinajstić information content (AvgIpc) is 3.91. The van der Waals surface area contributed by atoms with Crippen LogP contribution in [-0.4, -0.2) is 88.6 Å². The number of aromatic nitrogens is 1. The zero-order valence-electron chi connectivity index (χ0n) is 39.7. The number of thiazole rings is 1. The Balaban J connectivity index is 0.878. The maximum absolute atomic E-state index is 14.0. The van der Waals surface area contributed by atoms with Crippen LogP contribution in [0.15, 0.2) is 72.2 Å². The number of β-amino-alcohol motifs (C(OH)–C–C–N with tert-alkyl or cyclic N) is 1. The van der Waals surface area contributed by atoms with E-state index < -0.39 is 35.4 Å². The molecule has 13 nitrogen and oxygen atoms in total. The molecule has 3 aromatic carbocycles. The highest BCUT2D eigenvalue weighted by molar-refractivity contribution is 7.13. The number of rotatable bonds is 20. The van der Waals surface area contributed by atoms with E-state index in [1.165, 1.54) is 16.2 Å². The first-order valence-corrected chi connectivity index (χ1v) is 24.4. The monoisotopic (exact) mass is 952 g/mol. The molecular formula is C52H65ClN6O7S. The first-order valence-electron chi connectivity index (χ1n) is 23.1. The third kappa shape index (κ3) is 12.4. The van der Waals surface area contributed by atoms with E-state index in [2.05, 4.69) is 49.4 Å². The molecule has 1 aromatic heterocycles. The number of halogens is 1. The summed E-state index contributed by atoms with van der Waals surface area (Å²) in [6.45, 7) is 14.1. The van der Waals surface area contributed by atoms with Crippen LogP contribution in [0.3, 0.4) is 0 Å². The number of nitriles is 1. The number of amides is 3. The summed E-state index contributed by atoms with van der Waals surface area (Å²) in [6.07, 6.45) is 4.31. The lowest BCUT2D eigenvalue weighted by molar-refractivity contribution is -0.164. The fourth-order valence-electron chi connectivity index (χ4n) is 9.79. The number of anilines is 1. The summed E-state index contributed by atoms with van der Waals surface area (Å²) >= 11 is 7.71. The number of ketones is 1. The van der Waals surface area contributed by atoms with E-state index in [9.17, 15) is 29.5 Å². The van der Waals surface area contributed by atoms with Crippen molar-refractivity contribution >= 4 is 52.3 Å². The molecule has 15 heteroatoms. The Bertz CT molecular complexity index is 2410. The molecule has 0 bridgehead atoms. The maximum Gasteiger partial charge on any atom is 0.251 e. The average molecular weight is 954 g/mol. The van der Waals surface area contributed by atoms with Crippen molar-refractivity contribution in [2.24, 2.45) is 16.2 Å². The second-order valence-corrected chi connectivity index (χ2v) is 21.5. The number of aryl methyl sites for hydroxylation is 2. The minimum atomic E-state index is -0.919. The molecule has 0 unspecified atom stereocenters. The molecule has 2 heterocycles. The van der Waals surface area contributed by atoms with Crippen LogP contribution in [-0.2, 0) is 32.0 Å². The summed E-state index contributed by atoms with van der Waals surface area (Å²) in [5, 5.41) is 26.2. The van der Waals surface area contributed by atoms with E-state index in [1.54, 1.807) is 23.7 Å². The molecule has 1 aliphatic heterocycles. The lowest BCUT2D eigenvalue weighted by Crippen LogP contribution is -2.74. The van der Waals surface area contributed by atoms with Gasteiger partial charge in [0, 0.05) is 54.5 Å². The van der Waals surface area contributed by atoms with Gasteiger partial charge in [0.15, 0.2) is 5.78 Å². The second kappa shape index (κ2) is 21.7. The van der Waals surface area contributed by atoms with Crippen molar-refractivity contribution in [1.29, 1.82) is 5.26 Å². The molecule has 0 radical (unpaired) electrons. The number of unbranched alkanes of at least 4 members (excludes halogenated alkanes) is 3. The van der Waals surface area contributed by atoms with Crippen LogP contribution in [0.5, 0.6) is 5.75 Å². The van der Waals surface area contributed by atoms with Gasteiger partial charge in [-0.3, -0.25) is 19.2 Å². The Kier molecular flexibility index (Phi) is 16.6. The molecule has 2 aliphatic rings. The van der Waals surface area contributed by atoms with Crippen molar-refractivity contribution in [1.82, 2.24) is 20.5 Å². The van der Waals surface area contributed by atoms with Gasteiger partial charge in [-0.05, 0) is 72.1 Å². The Morgan fingerprint density at radius 1 is 0.970 bits per heavy atom. The number of aliphatic hydroxyl groups is 1. The number of nitrogens with two attached hydrogens (primary N) is 1. The van der Waals surface area contributed by atoms with Crippen LogP contribution in [0.1, 0.15) is 114 Å². The van der Waals surface area contributed by atoms with E-state index in [0.29, 0.717) is 40.7 Å². The van der Waals surface area contributed by atoms with Gasteiger partial charge in [0.1, 0.15) is 36.4 Å². The Morgan fingerprint density at radius 2 is 1.63 bits per heavy atom. The number of likely N-dealkylation sites (tertiary alicyclic amines) is 1. The highest BCUT2D eigenvalue weighted by Gasteiger charge is 2.64. The highest BCUT2D eigenvalue weighted by Crippen LogP contribution is 2.55. The van der Waals surface area contributed by atoms with Crippen LogP contribution in [0, 0.1) is 27.6 Å². The molecule has 5 N–H and O–H groups in total. The van der Waals surface area contributed by atoms with Crippen molar-refractivity contribution in [3.63, 3.8) is 0 Å². The first kappa shape index (κ1) is 51.1. The number of hydrogen-bond acceptors (Lipinski definition) is 11. The third-order valence-electron chi connectivity index (χ3n) is 13.2. The zero-order chi connectivity index (χ0) is 48.7. The molecule has 6 rings (SSSR count). The number of nitrogens with zero attached hydrogens (tertiary/aromatic N) is 3. The summed E-state index contributed by atoms with van der Waals surface area (Å²) < 4.78 is 12.1. The molecule has 3 amide bonds. The molecule has 358 valence electrons. The molecule has 1 saturated heterocycles. The second-order valence-electron chi connectivity index (χ2n) is 20.2. The highest BCUT2D eigenvalue weighted by atomic mass is 35.5. The first-order chi connectivity index (χ1) is 31.7. The molecule has 2 fully saturated rings. The Morgan fingerprint density at radius 3 is 2.25 bits per heavy atom. The number of nitrogen functional groups attached to an aromatic ring is 1. The molecule has 0 spiro atoms. The maximum atomic E-state index is 14.0. The normalized spacial score (nSPS) is 20.0. The molecule has 1 aliphatic carbocycles. The van der Waals surface area contributed by atoms with Gasteiger partial charge in [-0.2, -0.15) is 5.26 Å². The minimum Gasteiger partial charge on any atom is -0.489 e. The number of carbonyl (C=O) groups is 4. The molecule has 1 saturated carbocycles. The number of hydrogen-bond donors (Lipinski definition) is 4. The van der Waals surface area contributed by atoms with Crippen LogP contribution in [0.25, 0.3) is 10.4 Å². The van der Waals surface area contributed by atoms with Crippen molar-refractivity contribution in [3.05, 3.63) is 99.5 Å². The van der Waals surface area contributed by atoms with Gasteiger partial charge in [-0.25, -0.2) is 4.98 Å². The van der Waals surface area contributed by atoms with Gasteiger partial charge in [-0.15, -0.1) is 11.3 Å². The largest absolute Gasteiger partial charge is 0.489 e. The number of carbonyl (C=O) groups excluding carboxylic acids is 4. The fourth-order valence-corrected chi connectivity index (χ4v) is 10.7. The van der Waals surface area contributed by atoms with Crippen molar-refractivity contribution in [3.8, 4) is 22.3 Å². The lowest BCUT2D eigenvalue weighted by Gasteiger charge is -2.63. The summed E-state index contributed by atoms with van der Waals surface area (Å²) in [5.74, 6) is -0.00817. The van der Waals surface area contributed by atoms with Gasteiger partial charge in [0.05, 0.1) is 33.1 Å². The molecular weight excluding hydrogens is 888 g/mol. The van der Waals surface area contributed by atoms with Crippen LogP contribution in [0.2, 0.25) is 5.02 Å². The van der Waals surface area contributed by atoms with E-state index in [1.807, 2.05) is 69.3 Å². The van der Waals surface area contributed by atoms with Gasteiger partial charge in [0.25, 0.3) is 5.91 Å². The van der Waals surface area contributed by atoms with Crippen LogP contribution < -0.4 is 21.1 Å². The van der Waals surface area contributed by atoms with Gasteiger partial charge in [-0.1, -0.05) is 109 Å². The van der Waals surface area contributed by atoms with Gasteiger partial charge >= 0.3 is 0 Å². The predicted molar refractivity (Wildman–Crippen MR) is 262 cm³/mol. The van der Waals surface area contributed by atoms with Gasteiger partial charge in [0.2, 0.25) is 11.8 Å². The van der Waals surface area contributed by atoms with E-state index in [-0.39, 0.29) is 60.7 Å². The summed E-state index contributed by atoms with van der Waals surface area (Å²) in [5.41, 5.74) is 10.3. The third-order valence-corrected chi connectivity index (χ3v) is 14.4. The summed E-state index contributed by atoms with van der Waals surface area (Å²) in [7, 11) is 0. The van der Waals surface area contributed by atoms with E-state index in [4.69, 9.17) is 26.8 Å². The SMILES string of the molecule is CC1(C)C(NC(=O)c2ccc(CCCCCCOCC(=O)N[C@H](C(=O)N3C[C@H](O)C[C@H]3C(=O)CCc3ccc(-c4scnc4N)cc3)C(C)(C)C)cc2)C(C)(C)C1Oc1ccc(C#N)c(Cl)c1. The topological polar surface area (TPSA) is 197 Å². The van der Waals surface area contributed by atoms with E-state index in [0.717, 1.165) is 53.7 Å². The Hall–Kier alpha value is -5.33. The molecule has 3 atom stereocenters. The number of ether oxygens (including phenoxy) is 2. The number of benzene rings is 3. The minimum absolute atomic E-state index is 0.0254. The van der Waals surface area contributed by atoms with Crippen LogP contribution >= 0.6 is 22.9 Å². The molecule has 67 heavy (non-hydrogen) atoms. The van der Waals surface area contributed by atoms with Crippen molar-refractivity contribution in [2.45, 2.75) is 130 Å². The summed E-state index contributed by atoms with van der Waals surface area (Å²) in [4.78, 5) is 60.4. The fraction of sp³-hybridized carbons (Fsp3) is 0.500. The van der Waals surface area contributed by atoms with Crippen molar-refractivity contribution < 1.29 is 33.8 Å². The number of aliphatic hydroxyl groups excluding tert-OH is 1. The van der Waals surface area contributed by atoms with Gasteiger partial charge < -0.3 is 35.8 Å². The lowest BCUT2D eigenvalue weighted by atomic mass is 9.49. The number of nitrogens with one attached hydrogen (secondary N) is 2. The predicted octanol–water partition coefficient (Wildman–Crippen LogP) is 8.34. The molecule has 4 aromatic rings. The number of Topliss-reactive ketones (excluding diaryl/α,β-unsaturated/α-hetero) is 1. The Labute approximate surface area is 403 Å². The van der Waals surface area contributed by atoms with Crippen molar-refractivity contribution in [2.75, 3.05) is 25.5 Å². The zero-order valence-corrected chi connectivity index (χ0v) is 41.3. The standard InChI is InChI=1S/C52H65ClN6O7S/c1-50(2,3)44(47(64)59-29-37(60)26-40(59)41(61)24-17-33-13-18-34(19-14-33)43-45(55)56-31-67-43)57-42(62)30-65-25-11-9-8-10-12-32-15-20-35(21-16-32)46(63)58-48-51(4,5)49(52(48,6)7)66-38-23-22-36(28-54)39(53)27-38/h13-16,18-23,27,31,37,40,44,48-49,60H,8-12,17,24-26,29-30,55H2,1-7H3,(H,57,62)(H,58,63)/t37-,40+,44-,48?,49?/m1/s1. The quantitative estimate of drug-likeness (QED) is 0.0625. The van der Waals surface area contributed by atoms with E-state index >= 15 is 0 Å². The van der Waals surface area contributed by atoms with Crippen LogP contribution in [0.4, 0.5) is 5.82 Å². The smallest absolute Gasteiger partial charge is 0.251 e.